The lowest BCUT2D eigenvalue weighted by Gasteiger charge is -2.21. The molecule has 0 atom stereocenters. The summed E-state index contributed by atoms with van der Waals surface area (Å²) in [5.74, 6) is 1.48. The van der Waals surface area contributed by atoms with Crippen molar-refractivity contribution in [3.63, 3.8) is 0 Å². The van der Waals surface area contributed by atoms with Gasteiger partial charge in [-0.1, -0.05) is 12.8 Å². The average Bonchev–Trinajstić information content (AvgIpc) is 2.65. The number of likely N-dealkylation sites (tertiary alicyclic amines) is 1. The molecule has 1 aromatic heterocycles. The lowest BCUT2D eigenvalue weighted by atomic mass is 10.2. The lowest BCUT2D eigenvalue weighted by molar-refractivity contribution is 0.0757. The molecule has 1 saturated heterocycles. The number of rotatable bonds is 1. The molecule has 3 rings (SSSR count). The molecule has 4 nitrogen and oxygen atoms in total. The minimum absolute atomic E-state index is 0.105. The molecule has 2 aliphatic rings. The van der Waals surface area contributed by atoms with Crippen LogP contribution >= 0.6 is 11.3 Å². The molecule has 1 fully saturated rings. The fraction of sp³-hybridized carbons (Fsp3) is 0.615. The van der Waals surface area contributed by atoms with E-state index in [2.05, 4.69) is 0 Å². The Hall–Kier alpha value is -1.23. The third kappa shape index (κ3) is 2.19. The maximum absolute atomic E-state index is 12.5. The lowest BCUT2D eigenvalue weighted by Crippen LogP contribution is -2.31. The monoisotopic (exact) mass is 267 g/mol. The number of thiophene rings is 1. The van der Waals surface area contributed by atoms with Crippen molar-refractivity contribution in [1.29, 1.82) is 0 Å². The summed E-state index contributed by atoms with van der Waals surface area (Å²) in [6.45, 7) is 2.84. The second kappa shape index (κ2) is 5.18. The van der Waals surface area contributed by atoms with E-state index >= 15 is 0 Å². The van der Waals surface area contributed by atoms with E-state index in [1.165, 1.54) is 24.2 Å². The Bertz CT molecular complexity index is 435. The molecular formula is C13H17NO3S. The second-order valence-electron chi connectivity index (χ2n) is 4.66. The Morgan fingerprint density at radius 1 is 1.11 bits per heavy atom. The van der Waals surface area contributed by atoms with Crippen LogP contribution in [0.1, 0.15) is 35.4 Å². The summed E-state index contributed by atoms with van der Waals surface area (Å²) in [7, 11) is 0. The highest BCUT2D eigenvalue weighted by atomic mass is 32.1. The van der Waals surface area contributed by atoms with Crippen LogP contribution in [0.5, 0.6) is 11.5 Å². The second-order valence-corrected chi connectivity index (χ2v) is 5.54. The molecule has 0 radical (unpaired) electrons. The van der Waals surface area contributed by atoms with Crippen LogP contribution in [-0.2, 0) is 0 Å². The van der Waals surface area contributed by atoms with Crippen molar-refractivity contribution in [1.82, 2.24) is 4.90 Å². The minimum atomic E-state index is 0.105. The van der Waals surface area contributed by atoms with Gasteiger partial charge in [0.05, 0.1) is 0 Å². The predicted octanol–water partition coefficient (Wildman–Crippen LogP) is 2.54. The third-order valence-corrected chi connectivity index (χ3v) is 4.32. The molecule has 0 bridgehead atoms. The Morgan fingerprint density at radius 2 is 1.83 bits per heavy atom. The van der Waals surface area contributed by atoms with Crippen LogP contribution < -0.4 is 9.47 Å². The van der Waals surface area contributed by atoms with E-state index in [0.29, 0.717) is 23.8 Å². The summed E-state index contributed by atoms with van der Waals surface area (Å²) in [4.78, 5) is 15.1. The third-order valence-electron chi connectivity index (χ3n) is 3.39. The summed E-state index contributed by atoms with van der Waals surface area (Å²) in [6.07, 6.45) is 4.67. The van der Waals surface area contributed by atoms with E-state index in [0.717, 1.165) is 31.7 Å². The fourth-order valence-corrected chi connectivity index (χ4v) is 3.32. The average molecular weight is 267 g/mol. The molecule has 3 heterocycles. The van der Waals surface area contributed by atoms with E-state index in [9.17, 15) is 4.79 Å². The fourth-order valence-electron chi connectivity index (χ4n) is 2.43. The number of ether oxygens (including phenoxy) is 2. The van der Waals surface area contributed by atoms with Gasteiger partial charge in [0, 0.05) is 18.5 Å². The molecule has 0 unspecified atom stereocenters. The van der Waals surface area contributed by atoms with Crippen molar-refractivity contribution in [2.24, 2.45) is 0 Å². The van der Waals surface area contributed by atoms with E-state index in [4.69, 9.17) is 9.47 Å². The SMILES string of the molecule is O=C(c1scc2c1OCCO2)N1CCCCCC1. The Morgan fingerprint density at radius 3 is 2.61 bits per heavy atom. The Kier molecular flexibility index (Phi) is 3.41. The van der Waals surface area contributed by atoms with E-state index in [-0.39, 0.29) is 5.91 Å². The maximum atomic E-state index is 12.5. The first-order valence-corrected chi connectivity index (χ1v) is 7.40. The molecule has 0 aliphatic carbocycles. The zero-order chi connectivity index (χ0) is 12.4. The van der Waals surface area contributed by atoms with Crippen LogP contribution in [0.2, 0.25) is 0 Å². The molecule has 0 saturated carbocycles. The molecule has 0 spiro atoms. The number of hydrogen-bond donors (Lipinski definition) is 0. The molecule has 18 heavy (non-hydrogen) atoms. The van der Waals surface area contributed by atoms with Gasteiger partial charge in [0.1, 0.15) is 18.1 Å². The summed E-state index contributed by atoms with van der Waals surface area (Å²) in [5.41, 5.74) is 0. The number of fused-ring (bicyclic) bond motifs is 1. The van der Waals surface area contributed by atoms with E-state index in [1.807, 2.05) is 10.3 Å². The van der Waals surface area contributed by atoms with E-state index < -0.39 is 0 Å². The first kappa shape index (κ1) is 11.8. The highest BCUT2D eigenvalue weighted by molar-refractivity contribution is 7.12. The molecular weight excluding hydrogens is 250 g/mol. The minimum Gasteiger partial charge on any atom is -0.485 e. The van der Waals surface area contributed by atoms with Crippen LogP contribution in [0.15, 0.2) is 5.38 Å². The normalized spacial score (nSPS) is 19.4. The van der Waals surface area contributed by atoms with Crippen molar-refractivity contribution >= 4 is 17.2 Å². The van der Waals surface area contributed by atoms with Crippen molar-refractivity contribution < 1.29 is 14.3 Å². The number of carbonyl (C=O) groups is 1. The maximum Gasteiger partial charge on any atom is 0.267 e. The summed E-state index contributed by atoms with van der Waals surface area (Å²) >= 11 is 1.43. The highest BCUT2D eigenvalue weighted by Crippen LogP contribution is 2.40. The van der Waals surface area contributed by atoms with Crippen LogP contribution in [0.3, 0.4) is 0 Å². The van der Waals surface area contributed by atoms with Gasteiger partial charge in [-0.15, -0.1) is 11.3 Å². The smallest absolute Gasteiger partial charge is 0.267 e. The van der Waals surface area contributed by atoms with Crippen LogP contribution in [0.25, 0.3) is 0 Å². The van der Waals surface area contributed by atoms with Crippen molar-refractivity contribution in [2.75, 3.05) is 26.3 Å². The zero-order valence-electron chi connectivity index (χ0n) is 10.3. The summed E-state index contributed by atoms with van der Waals surface area (Å²) in [5, 5.41) is 1.87. The molecule has 2 aliphatic heterocycles. The van der Waals surface area contributed by atoms with Gasteiger partial charge >= 0.3 is 0 Å². The largest absolute Gasteiger partial charge is 0.485 e. The van der Waals surface area contributed by atoms with Crippen LogP contribution in [-0.4, -0.2) is 37.1 Å². The van der Waals surface area contributed by atoms with Gasteiger partial charge in [0.25, 0.3) is 5.91 Å². The van der Waals surface area contributed by atoms with Crippen molar-refractivity contribution in [2.45, 2.75) is 25.7 Å². The number of amides is 1. The number of hydrogen-bond acceptors (Lipinski definition) is 4. The predicted molar refractivity (Wildman–Crippen MR) is 69.7 cm³/mol. The summed E-state index contributed by atoms with van der Waals surface area (Å²) < 4.78 is 11.1. The van der Waals surface area contributed by atoms with Crippen LogP contribution in [0.4, 0.5) is 0 Å². The first-order chi connectivity index (χ1) is 8.86. The van der Waals surface area contributed by atoms with Gasteiger partial charge in [0.15, 0.2) is 11.5 Å². The van der Waals surface area contributed by atoms with E-state index in [1.54, 1.807) is 0 Å². The Balaban J connectivity index is 1.80. The zero-order valence-corrected chi connectivity index (χ0v) is 11.1. The van der Waals surface area contributed by atoms with Gasteiger partial charge in [-0.3, -0.25) is 4.79 Å². The van der Waals surface area contributed by atoms with Crippen LogP contribution in [0, 0.1) is 0 Å². The topological polar surface area (TPSA) is 38.8 Å². The number of carbonyl (C=O) groups excluding carboxylic acids is 1. The quantitative estimate of drug-likeness (QED) is 0.785. The highest BCUT2D eigenvalue weighted by Gasteiger charge is 2.27. The van der Waals surface area contributed by atoms with Gasteiger partial charge in [-0.2, -0.15) is 0 Å². The standard InChI is InChI=1S/C13H17NO3S/c15-13(14-5-3-1-2-4-6-14)12-11-10(9-18-12)16-7-8-17-11/h9H,1-8H2. The molecule has 0 N–H and O–H groups in total. The van der Waals surface area contributed by atoms with Gasteiger partial charge < -0.3 is 14.4 Å². The molecule has 98 valence electrons. The van der Waals surface area contributed by atoms with Gasteiger partial charge in [0.2, 0.25) is 0 Å². The van der Waals surface area contributed by atoms with Crippen molar-refractivity contribution in [3.05, 3.63) is 10.3 Å². The molecule has 1 amide bonds. The molecule has 0 aromatic carbocycles. The first-order valence-electron chi connectivity index (χ1n) is 6.52. The Labute approximate surface area is 110 Å². The number of nitrogens with zero attached hydrogens (tertiary/aromatic N) is 1. The van der Waals surface area contributed by atoms with Gasteiger partial charge in [-0.05, 0) is 12.8 Å². The molecule has 5 heteroatoms. The van der Waals surface area contributed by atoms with Gasteiger partial charge in [-0.25, -0.2) is 0 Å². The van der Waals surface area contributed by atoms with Crippen molar-refractivity contribution in [3.8, 4) is 11.5 Å². The summed E-state index contributed by atoms with van der Waals surface area (Å²) in [6, 6.07) is 0. The molecule has 1 aromatic rings.